The van der Waals surface area contributed by atoms with Crippen LogP contribution in [0.4, 0.5) is 0 Å². The van der Waals surface area contributed by atoms with E-state index in [4.69, 9.17) is 13.7 Å². The molecule has 0 saturated carbocycles. The van der Waals surface area contributed by atoms with Gasteiger partial charge in [-0.25, -0.2) is 4.57 Å². The molecule has 0 heterocycles. The van der Waals surface area contributed by atoms with Crippen LogP contribution < -0.4 is 0 Å². The Morgan fingerprint density at radius 1 is 1.50 bits per heavy atom. The Bertz CT molecular complexity index is 86.4. The predicted octanol–water partition coefficient (Wildman–Crippen LogP) is -1.48. The zero-order chi connectivity index (χ0) is 7.21. The summed E-state index contributed by atoms with van der Waals surface area (Å²) in [5.74, 6) is 0. The van der Waals surface area contributed by atoms with E-state index < -0.39 is 7.82 Å². The molecule has 0 aliphatic carbocycles. The molecule has 0 spiro atoms. The van der Waals surface area contributed by atoms with Crippen LogP contribution in [0.3, 0.4) is 0 Å². The summed E-state index contributed by atoms with van der Waals surface area (Å²) >= 11 is 2.71. The van der Waals surface area contributed by atoms with Crippen LogP contribution >= 0.6 is 7.82 Å². The minimum absolute atomic E-state index is 0.0849. The van der Waals surface area contributed by atoms with E-state index in [0.29, 0.717) is 0 Å². The molecule has 8 heavy (non-hydrogen) atoms. The van der Waals surface area contributed by atoms with Crippen LogP contribution in [0.5, 0.6) is 0 Å². The summed E-state index contributed by atoms with van der Waals surface area (Å²) in [5.41, 5.74) is 0. The van der Waals surface area contributed by atoms with Crippen LogP contribution in [-0.2, 0) is 27.4 Å². The molecule has 0 atom stereocenters. The van der Waals surface area contributed by atoms with E-state index in [1.54, 1.807) is 0 Å². The second kappa shape index (κ2) is 6.06. The van der Waals surface area contributed by atoms with Crippen molar-refractivity contribution in [2.75, 3.05) is 0 Å². The number of hydrogen-bond acceptors (Lipinski definition) is 3. The monoisotopic (exact) mass is 200 g/mol. The molecule has 0 aromatic heterocycles. The Morgan fingerprint density at radius 2 is 1.62 bits per heavy atom. The van der Waals surface area contributed by atoms with E-state index in [2.05, 4.69) is 19.0 Å². The molecule has 0 fully saturated rings. The summed E-state index contributed by atoms with van der Waals surface area (Å²) in [4.78, 5) is 15.5. The molecule has 0 rings (SSSR count). The van der Waals surface area contributed by atoms with E-state index >= 15 is 0 Å². The third kappa shape index (κ3) is 15.8. The summed E-state index contributed by atoms with van der Waals surface area (Å²) in [5, 5.41) is 0. The summed E-state index contributed by atoms with van der Waals surface area (Å²) in [6.45, 7) is 0. The molecule has 5 nitrogen and oxygen atoms in total. The van der Waals surface area contributed by atoms with Gasteiger partial charge in [0.1, 0.15) is 0 Å². The van der Waals surface area contributed by atoms with Gasteiger partial charge in [0.15, 0.2) is 0 Å². The van der Waals surface area contributed by atoms with Gasteiger partial charge in [-0.2, -0.15) is 0 Å². The first-order chi connectivity index (χ1) is 3.56. The Kier molecular flexibility index (Phi) is 8.86. The molecular weight excluding hydrogens is 197 g/mol. The average Bonchev–Trinajstić information content (AvgIpc) is 1.71. The van der Waals surface area contributed by atoms with E-state index in [-0.39, 0.29) is 16.6 Å². The van der Waals surface area contributed by atoms with Gasteiger partial charge in [-0.1, -0.05) is 0 Å². The summed E-state index contributed by atoms with van der Waals surface area (Å²) in [7, 11) is -4.08. The van der Waals surface area contributed by atoms with Crippen LogP contribution in [0.2, 0.25) is 0 Å². The van der Waals surface area contributed by atoms with Crippen molar-refractivity contribution in [1.29, 1.82) is 0 Å². The van der Waals surface area contributed by atoms with Gasteiger partial charge in [-0.15, -0.1) is 0 Å². The normalized spacial score (nSPS) is 9.50. The molecule has 52 valence electrons. The molecule has 8 heteroatoms. The number of hydrogen-bond donors (Lipinski definition) is 2. The summed E-state index contributed by atoms with van der Waals surface area (Å²) in [6.07, 6.45) is 0. The fourth-order valence-electron chi connectivity index (χ4n) is 0. The second-order valence-corrected chi connectivity index (χ2v) is 3.11. The molecule has 0 amide bonds. The van der Waals surface area contributed by atoms with Crippen molar-refractivity contribution in [3.05, 3.63) is 0 Å². The van der Waals surface area contributed by atoms with Gasteiger partial charge >= 0.3 is 43.7 Å². The summed E-state index contributed by atoms with van der Waals surface area (Å²) < 4.78 is 21.1. The Balaban J connectivity index is 0. The van der Waals surface area contributed by atoms with Gasteiger partial charge in [-0.05, 0) is 0 Å². The van der Waals surface area contributed by atoms with Crippen molar-refractivity contribution in [3.8, 4) is 0 Å². The van der Waals surface area contributed by atoms with Crippen molar-refractivity contribution < 1.29 is 37.2 Å². The molecule has 2 N–H and O–H groups in total. The Labute approximate surface area is 62.0 Å². The molecule has 0 radical (unpaired) electrons. The maximum absolute atomic E-state index is 9.51. The van der Waals surface area contributed by atoms with Crippen LogP contribution in [0, 0.1) is 0 Å². The predicted molar refractivity (Wildman–Crippen MR) is 22.4 cm³/mol. The quantitative estimate of drug-likeness (QED) is 0.399. The standard InChI is InChI=1S/Al.Ni.H3O4P.O.2H/c;;1-5(2,3)4;;;/h;;(H3,1,2,3,4);;;/q+1;;;;;/p-1. The molecule has 0 unspecified atom stereocenters. The SMILES string of the molecule is O=P(O)(O)[O][AlH2].[O]=[Ni]. The van der Waals surface area contributed by atoms with Crippen molar-refractivity contribution in [2.24, 2.45) is 0 Å². The molecule has 0 aliphatic heterocycles. The third-order valence-corrected chi connectivity index (χ3v) is 2.14. The van der Waals surface area contributed by atoms with Gasteiger partial charge < -0.3 is 13.4 Å². The first-order valence-electron chi connectivity index (χ1n) is 1.30. The molecular formula is H4AlNiO5P. The van der Waals surface area contributed by atoms with Crippen LogP contribution in [0.25, 0.3) is 0 Å². The van der Waals surface area contributed by atoms with E-state index in [0.717, 1.165) is 0 Å². The zero-order valence-electron chi connectivity index (χ0n) is 3.88. The Hall–Kier alpha value is 0.936. The summed E-state index contributed by atoms with van der Waals surface area (Å²) in [6, 6.07) is 0. The van der Waals surface area contributed by atoms with E-state index in [1.165, 1.54) is 0 Å². The second-order valence-electron chi connectivity index (χ2n) is 0.673. The average molecular weight is 201 g/mol. The van der Waals surface area contributed by atoms with Crippen molar-refractivity contribution >= 4 is 24.4 Å². The first-order valence-corrected chi connectivity index (χ1v) is 4.05. The topological polar surface area (TPSA) is 83.8 Å². The number of rotatable bonds is 1. The molecule has 0 saturated heterocycles. The van der Waals surface area contributed by atoms with Crippen LogP contribution in [0.15, 0.2) is 0 Å². The molecule has 0 aliphatic rings. The zero-order valence-corrected chi connectivity index (χ0v) is 7.76. The van der Waals surface area contributed by atoms with Crippen molar-refractivity contribution in [3.63, 3.8) is 0 Å². The molecule has 0 bridgehead atoms. The molecule has 0 aromatic carbocycles. The Morgan fingerprint density at radius 3 is 1.62 bits per heavy atom. The van der Waals surface area contributed by atoms with E-state index in [1.807, 2.05) is 0 Å². The fourth-order valence-corrected chi connectivity index (χ4v) is 0. The van der Waals surface area contributed by atoms with Crippen molar-refractivity contribution in [2.45, 2.75) is 0 Å². The third-order valence-electron chi connectivity index (χ3n) is 0.238. The van der Waals surface area contributed by atoms with Gasteiger partial charge in [0.05, 0.1) is 0 Å². The van der Waals surface area contributed by atoms with Gasteiger partial charge in [0, 0.05) is 0 Å². The minimum atomic E-state index is -4.08. The molecule has 0 aromatic rings. The van der Waals surface area contributed by atoms with Gasteiger partial charge in [0.2, 0.25) is 0 Å². The van der Waals surface area contributed by atoms with Crippen molar-refractivity contribution in [1.82, 2.24) is 0 Å². The maximum atomic E-state index is 9.51. The first kappa shape index (κ1) is 11.7. The number of phosphoric acid groups is 1. The fraction of sp³-hybridized carbons (Fsp3) is 0. The van der Waals surface area contributed by atoms with Gasteiger partial charge in [-0.3, -0.25) is 0 Å². The van der Waals surface area contributed by atoms with Gasteiger partial charge in [0.25, 0.3) is 0 Å². The van der Waals surface area contributed by atoms with Crippen LogP contribution in [0.1, 0.15) is 0 Å². The van der Waals surface area contributed by atoms with Crippen LogP contribution in [-0.4, -0.2) is 26.4 Å². The van der Waals surface area contributed by atoms with E-state index in [9.17, 15) is 4.57 Å².